The van der Waals surface area contributed by atoms with E-state index in [1.165, 1.54) is 0 Å². The summed E-state index contributed by atoms with van der Waals surface area (Å²) in [5, 5.41) is -0.505. The van der Waals surface area contributed by atoms with Crippen molar-refractivity contribution in [1.29, 1.82) is 0 Å². The van der Waals surface area contributed by atoms with Gasteiger partial charge in [0.2, 0.25) is 0 Å². The van der Waals surface area contributed by atoms with Gasteiger partial charge in [-0.3, -0.25) is 4.72 Å². The van der Waals surface area contributed by atoms with E-state index in [1.54, 1.807) is 0 Å². The first-order valence-electron chi connectivity index (χ1n) is 5.29. The largest absolute Gasteiger partial charge is 0.382 e. The van der Waals surface area contributed by atoms with Crippen LogP contribution >= 0.6 is 23.2 Å². The summed E-state index contributed by atoms with van der Waals surface area (Å²) in [6, 6.07) is 2.32. The van der Waals surface area contributed by atoms with Gasteiger partial charge in [0.25, 0.3) is 10.0 Å². The fraction of sp³-hybridized carbons (Fsp3) is 0. The van der Waals surface area contributed by atoms with Crippen LogP contribution < -0.4 is 10.5 Å². The number of anilines is 2. The Balaban J connectivity index is 2.44. The van der Waals surface area contributed by atoms with Crippen LogP contribution in [0.5, 0.6) is 0 Å². The van der Waals surface area contributed by atoms with Gasteiger partial charge in [0.15, 0.2) is 5.82 Å². The predicted octanol–water partition coefficient (Wildman–Crippen LogP) is 3.05. The molecule has 0 aliphatic rings. The molecule has 10 heteroatoms. The number of nitrogen functional groups attached to an aromatic ring is 1. The predicted molar refractivity (Wildman–Crippen MR) is 75.8 cm³/mol. The van der Waals surface area contributed by atoms with E-state index in [4.69, 9.17) is 28.9 Å². The van der Waals surface area contributed by atoms with E-state index >= 15 is 0 Å². The lowest BCUT2D eigenvalue weighted by Gasteiger charge is -2.11. The monoisotopic (exact) mass is 353 g/mol. The van der Waals surface area contributed by atoms with Gasteiger partial charge >= 0.3 is 0 Å². The number of hydrogen-bond acceptors (Lipinski definition) is 4. The summed E-state index contributed by atoms with van der Waals surface area (Å²) < 4.78 is 52.6. The molecule has 0 bridgehead atoms. The van der Waals surface area contributed by atoms with Gasteiger partial charge < -0.3 is 5.73 Å². The molecule has 3 N–H and O–H groups in total. The van der Waals surface area contributed by atoms with Gasteiger partial charge in [0.1, 0.15) is 22.2 Å². The van der Waals surface area contributed by atoms with E-state index in [0.29, 0.717) is 6.07 Å². The highest BCUT2D eigenvalue weighted by Gasteiger charge is 2.20. The Hall–Kier alpha value is -1.64. The fourth-order valence-electron chi connectivity index (χ4n) is 1.41. The number of hydrogen-bond donors (Lipinski definition) is 2. The highest BCUT2D eigenvalue weighted by atomic mass is 35.5. The van der Waals surface area contributed by atoms with E-state index in [0.717, 1.165) is 18.3 Å². The first kappa shape index (κ1) is 15.7. The van der Waals surface area contributed by atoms with Crippen molar-refractivity contribution in [2.75, 3.05) is 10.5 Å². The Morgan fingerprint density at radius 3 is 2.38 bits per heavy atom. The quantitative estimate of drug-likeness (QED) is 0.887. The number of aromatic nitrogens is 1. The van der Waals surface area contributed by atoms with Crippen molar-refractivity contribution in [3.8, 4) is 0 Å². The Morgan fingerprint density at radius 1 is 1.14 bits per heavy atom. The molecule has 0 fully saturated rings. The number of nitrogens with zero attached hydrogens (tertiary/aromatic N) is 1. The topological polar surface area (TPSA) is 85.1 Å². The molecule has 1 aromatic carbocycles. The molecule has 0 aliphatic carbocycles. The van der Waals surface area contributed by atoms with Crippen LogP contribution in [0, 0.1) is 11.6 Å². The first-order chi connectivity index (χ1) is 9.70. The first-order valence-corrected chi connectivity index (χ1v) is 7.53. The summed E-state index contributed by atoms with van der Waals surface area (Å²) in [5.74, 6) is -2.14. The van der Waals surface area contributed by atoms with Gasteiger partial charge in [-0.25, -0.2) is 22.2 Å². The molecule has 5 nitrogen and oxygen atoms in total. The maximum Gasteiger partial charge on any atom is 0.263 e. The summed E-state index contributed by atoms with van der Waals surface area (Å²) in [4.78, 5) is 3.24. The Labute approximate surface area is 128 Å². The molecule has 1 heterocycles. The molecule has 0 saturated carbocycles. The Morgan fingerprint density at radius 2 is 1.81 bits per heavy atom. The zero-order chi connectivity index (χ0) is 15.8. The van der Waals surface area contributed by atoms with Gasteiger partial charge in [-0.2, -0.15) is 0 Å². The van der Waals surface area contributed by atoms with Crippen molar-refractivity contribution in [1.82, 2.24) is 4.98 Å². The van der Waals surface area contributed by atoms with Gasteiger partial charge in [0.05, 0.1) is 10.0 Å². The van der Waals surface area contributed by atoms with Crippen molar-refractivity contribution in [2.24, 2.45) is 0 Å². The van der Waals surface area contributed by atoms with E-state index in [-0.39, 0.29) is 15.7 Å². The SMILES string of the molecule is Nc1ncc(S(=O)(=O)Nc2c(F)cc(F)cc2Cl)cc1Cl. The molecular formula is C11H7Cl2F2N3O2S. The van der Waals surface area contributed by atoms with Gasteiger partial charge in [0, 0.05) is 12.3 Å². The molecule has 0 saturated heterocycles. The maximum absolute atomic E-state index is 13.6. The highest BCUT2D eigenvalue weighted by Crippen LogP contribution is 2.29. The number of nitrogens with one attached hydrogen (secondary N) is 1. The Kier molecular flexibility index (Phi) is 4.22. The molecule has 0 amide bonds. The normalized spacial score (nSPS) is 11.4. The van der Waals surface area contributed by atoms with E-state index in [1.807, 2.05) is 4.72 Å². The molecule has 2 rings (SSSR count). The minimum absolute atomic E-state index is 0.0541. The molecular weight excluding hydrogens is 347 g/mol. The van der Waals surface area contributed by atoms with Crippen LogP contribution in [0.4, 0.5) is 20.3 Å². The van der Waals surface area contributed by atoms with Crippen molar-refractivity contribution in [3.63, 3.8) is 0 Å². The molecule has 21 heavy (non-hydrogen) atoms. The van der Waals surface area contributed by atoms with Crippen LogP contribution in [-0.4, -0.2) is 13.4 Å². The summed E-state index contributed by atoms with van der Waals surface area (Å²) >= 11 is 11.3. The lowest BCUT2D eigenvalue weighted by molar-refractivity contribution is 0.583. The van der Waals surface area contributed by atoms with Crippen LogP contribution in [0.1, 0.15) is 0 Å². The molecule has 0 radical (unpaired) electrons. The molecule has 0 atom stereocenters. The van der Waals surface area contributed by atoms with Crippen LogP contribution in [0.2, 0.25) is 10.0 Å². The summed E-state index contributed by atoms with van der Waals surface area (Å²) in [5.41, 5.74) is 4.79. The van der Waals surface area contributed by atoms with E-state index in [9.17, 15) is 17.2 Å². The molecule has 0 aliphatic heterocycles. The third-order valence-corrected chi connectivity index (χ3v) is 4.32. The maximum atomic E-state index is 13.6. The van der Waals surface area contributed by atoms with Gasteiger partial charge in [-0.05, 0) is 12.1 Å². The van der Waals surface area contributed by atoms with Crippen LogP contribution in [0.15, 0.2) is 29.3 Å². The minimum atomic E-state index is -4.21. The van der Waals surface area contributed by atoms with Crippen molar-refractivity contribution in [3.05, 3.63) is 46.1 Å². The van der Waals surface area contributed by atoms with Gasteiger partial charge in [-0.1, -0.05) is 23.2 Å². The van der Waals surface area contributed by atoms with Crippen LogP contribution in [-0.2, 0) is 10.0 Å². The van der Waals surface area contributed by atoms with E-state index in [2.05, 4.69) is 4.98 Å². The molecule has 1 aromatic heterocycles. The second kappa shape index (κ2) is 5.63. The molecule has 0 unspecified atom stereocenters. The van der Waals surface area contributed by atoms with Gasteiger partial charge in [-0.15, -0.1) is 0 Å². The summed E-state index contributed by atoms with van der Waals surface area (Å²) in [7, 11) is -4.21. The molecule has 112 valence electrons. The average molecular weight is 354 g/mol. The molecule has 2 aromatic rings. The fourth-order valence-corrected chi connectivity index (χ4v) is 3.00. The van der Waals surface area contributed by atoms with E-state index < -0.39 is 32.4 Å². The number of nitrogens with two attached hydrogens (primary N) is 1. The van der Waals surface area contributed by atoms with Crippen molar-refractivity contribution >= 4 is 44.7 Å². The standard InChI is InChI=1S/C11H7Cl2F2N3O2S/c12-7-1-5(14)2-9(15)10(7)18-21(19,20)6-3-8(13)11(16)17-4-6/h1-4,18H,(H2,16,17). The van der Waals surface area contributed by atoms with Crippen LogP contribution in [0.25, 0.3) is 0 Å². The average Bonchev–Trinajstić information content (AvgIpc) is 2.37. The number of benzene rings is 1. The lowest BCUT2D eigenvalue weighted by Crippen LogP contribution is -2.15. The number of pyridine rings is 1. The minimum Gasteiger partial charge on any atom is -0.382 e. The Bertz CT molecular complexity index is 792. The smallest absolute Gasteiger partial charge is 0.263 e. The zero-order valence-electron chi connectivity index (χ0n) is 10.1. The number of halogens is 4. The second-order valence-electron chi connectivity index (χ2n) is 3.89. The van der Waals surface area contributed by atoms with Crippen molar-refractivity contribution < 1.29 is 17.2 Å². The number of rotatable bonds is 3. The van der Waals surface area contributed by atoms with Crippen LogP contribution in [0.3, 0.4) is 0 Å². The summed E-state index contributed by atoms with van der Waals surface area (Å²) in [6.07, 6.45) is 0.943. The highest BCUT2D eigenvalue weighted by molar-refractivity contribution is 7.92. The summed E-state index contributed by atoms with van der Waals surface area (Å²) in [6.45, 7) is 0. The lowest BCUT2D eigenvalue weighted by atomic mass is 10.3. The second-order valence-corrected chi connectivity index (χ2v) is 6.38. The third-order valence-electron chi connectivity index (χ3n) is 2.40. The van der Waals surface area contributed by atoms with Crippen molar-refractivity contribution in [2.45, 2.75) is 4.90 Å². The zero-order valence-corrected chi connectivity index (χ0v) is 12.4. The third kappa shape index (κ3) is 3.34. The number of sulfonamides is 1. The molecule has 0 spiro atoms.